The Balaban J connectivity index is 1.86. The van der Waals surface area contributed by atoms with Crippen LogP contribution in [0.1, 0.15) is 15.9 Å². The summed E-state index contributed by atoms with van der Waals surface area (Å²) in [6.45, 7) is -0.470. The summed E-state index contributed by atoms with van der Waals surface area (Å²) < 4.78 is 22.9. The van der Waals surface area contributed by atoms with Gasteiger partial charge in [0.2, 0.25) is 0 Å². The number of carbonyl (C=O) groups excluding carboxylic acids is 1. The number of esters is 1. The first kappa shape index (κ1) is 23.7. The van der Waals surface area contributed by atoms with Gasteiger partial charge in [-0.15, -0.1) is 0 Å². The van der Waals surface area contributed by atoms with E-state index in [1.165, 1.54) is 23.0 Å². The van der Waals surface area contributed by atoms with Gasteiger partial charge in [-0.05, 0) is 0 Å². The van der Waals surface area contributed by atoms with Gasteiger partial charge in [-0.2, -0.15) is 0 Å². The Bertz CT molecular complexity index is 1150. The van der Waals surface area contributed by atoms with Gasteiger partial charge in [0.15, 0.2) is 0 Å². The molecule has 34 heavy (non-hydrogen) atoms. The fourth-order valence-corrected chi connectivity index (χ4v) is 9.15. The zero-order chi connectivity index (χ0) is 23.8. The molecule has 0 unspecified atom stereocenters. The van der Waals surface area contributed by atoms with Crippen LogP contribution < -0.4 is 20.7 Å². The maximum absolute atomic E-state index is 12.6. The molecule has 0 atom stereocenters. The zero-order valence-corrected chi connectivity index (χ0v) is 20.1. The molecule has 0 saturated heterocycles. The molecule has 5 heteroatoms. The molecule has 0 heterocycles. The predicted molar refractivity (Wildman–Crippen MR) is 139 cm³/mol. The SMILES string of the molecule is COC(=O)c1ccc(C[PH](c2ccccc2)(c2ccccc2)c2ccc(OCCF)cc2)cc1. The van der Waals surface area contributed by atoms with Crippen LogP contribution in [0.25, 0.3) is 0 Å². The first-order valence-corrected chi connectivity index (χ1v) is 13.5. The van der Waals surface area contributed by atoms with Crippen LogP contribution >= 0.6 is 7.26 Å². The molecular formula is C29H28FO3P. The van der Waals surface area contributed by atoms with Crippen LogP contribution in [-0.4, -0.2) is 26.4 Å². The van der Waals surface area contributed by atoms with E-state index in [0.29, 0.717) is 11.3 Å². The van der Waals surface area contributed by atoms with Gasteiger partial charge in [0.25, 0.3) is 0 Å². The van der Waals surface area contributed by atoms with Crippen molar-refractivity contribution in [3.05, 3.63) is 120 Å². The zero-order valence-electron chi connectivity index (χ0n) is 19.1. The van der Waals surface area contributed by atoms with Gasteiger partial charge in [-0.25, -0.2) is 0 Å². The second kappa shape index (κ2) is 11.1. The Morgan fingerprint density at radius 1 is 0.735 bits per heavy atom. The molecule has 0 saturated carbocycles. The first-order valence-electron chi connectivity index (χ1n) is 11.2. The fourth-order valence-electron chi connectivity index (χ4n) is 4.43. The minimum atomic E-state index is -2.52. The second-order valence-electron chi connectivity index (χ2n) is 8.06. The van der Waals surface area contributed by atoms with Crippen molar-refractivity contribution in [1.29, 1.82) is 0 Å². The molecule has 0 aliphatic rings. The molecule has 0 aromatic heterocycles. The molecule has 4 aromatic carbocycles. The Hall–Kier alpha value is -3.49. The maximum atomic E-state index is 12.6. The number of alkyl halides is 1. The molecule has 3 nitrogen and oxygen atoms in total. The number of benzene rings is 4. The summed E-state index contributed by atoms with van der Waals surface area (Å²) in [5, 5.41) is 3.81. The summed E-state index contributed by atoms with van der Waals surface area (Å²) >= 11 is 0. The normalized spacial score (nSPS) is 11.6. The van der Waals surface area contributed by atoms with Crippen LogP contribution in [0.5, 0.6) is 5.75 Å². The second-order valence-corrected chi connectivity index (χ2v) is 12.0. The summed E-state index contributed by atoms with van der Waals surface area (Å²) in [5.74, 6) is 0.317. The van der Waals surface area contributed by atoms with Crippen LogP contribution in [0.4, 0.5) is 4.39 Å². The molecule has 0 aliphatic carbocycles. The van der Waals surface area contributed by atoms with Crippen LogP contribution in [0, 0.1) is 0 Å². The van der Waals surface area contributed by atoms with E-state index in [2.05, 4.69) is 60.7 Å². The molecule has 0 bridgehead atoms. The molecule has 4 aromatic rings. The Morgan fingerprint density at radius 3 is 1.76 bits per heavy atom. The number of ether oxygens (including phenoxy) is 2. The van der Waals surface area contributed by atoms with Gasteiger partial charge in [0, 0.05) is 0 Å². The topological polar surface area (TPSA) is 35.5 Å². The fraction of sp³-hybridized carbons (Fsp3) is 0.138. The van der Waals surface area contributed by atoms with Crippen molar-refractivity contribution < 1.29 is 18.7 Å². The molecule has 0 amide bonds. The van der Waals surface area contributed by atoms with E-state index in [1.54, 1.807) is 0 Å². The van der Waals surface area contributed by atoms with Gasteiger partial charge in [0.1, 0.15) is 0 Å². The van der Waals surface area contributed by atoms with E-state index in [0.717, 1.165) is 11.7 Å². The predicted octanol–water partition coefficient (Wildman–Crippen LogP) is 5.05. The van der Waals surface area contributed by atoms with Crippen molar-refractivity contribution in [2.75, 3.05) is 20.4 Å². The third-order valence-corrected chi connectivity index (χ3v) is 11.0. The van der Waals surface area contributed by atoms with E-state index in [1.807, 2.05) is 48.5 Å². The van der Waals surface area contributed by atoms with Crippen LogP contribution in [0.2, 0.25) is 0 Å². The van der Waals surface area contributed by atoms with E-state index in [9.17, 15) is 9.18 Å². The number of hydrogen-bond acceptors (Lipinski definition) is 3. The molecule has 4 rings (SSSR count). The van der Waals surface area contributed by atoms with Crippen molar-refractivity contribution in [2.24, 2.45) is 0 Å². The van der Waals surface area contributed by atoms with Gasteiger partial charge < -0.3 is 0 Å². The van der Waals surface area contributed by atoms with Crippen molar-refractivity contribution >= 4 is 29.1 Å². The summed E-state index contributed by atoms with van der Waals surface area (Å²) in [6, 6.07) is 37.0. The van der Waals surface area contributed by atoms with Crippen molar-refractivity contribution in [2.45, 2.75) is 6.16 Å². The van der Waals surface area contributed by atoms with Gasteiger partial charge in [0.05, 0.1) is 0 Å². The molecule has 0 aliphatic heterocycles. The summed E-state index contributed by atoms with van der Waals surface area (Å²) in [5.41, 5.74) is 1.68. The van der Waals surface area contributed by atoms with E-state index >= 15 is 0 Å². The Labute approximate surface area is 200 Å². The molecule has 0 N–H and O–H groups in total. The number of halogens is 1. The standard InChI is InChI=1S/C29H28FO3P/c1-32-29(31)24-14-12-23(13-15-24)22-34(26-8-4-2-5-9-26,27-10-6-3-7-11-27)28-18-16-25(17-19-28)33-21-20-30/h2-19,34H,20-22H2,1H3. The van der Waals surface area contributed by atoms with Crippen molar-refractivity contribution in [3.8, 4) is 5.75 Å². The number of hydrogen-bond donors (Lipinski definition) is 0. The third kappa shape index (κ3) is 5.03. The molecule has 0 radical (unpaired) electrons. The minimum absolute atomic E-state index is 0.0475. The number of carbonyl (C=O) groups is 1. The number of methoxy groups -OCH3 is 1. The summed E-state index contributed by atoms with van der Waals surface area (Å²) in [7, 11) is -1.13. The van der Waals surface area contributed by atoms with Crippen molar-refractivity contribution in [1.82, 2.24) is 0 Å². The first-order chi connectivity index (χ1) is 16.7. The molecule has 174 valence electrons. The Morgan fingerprint density at radius 2 is 1.26 bits per heavy atom. The average molecular weight is 475 g/mol. The number of rotatable bonds is 9. The summed E-state index contributed by atoms with van der Waals surface area (Å²) in [4.78, 5) is 11.9. The van der Waals surface area contributed by atoms with Crippen LogP contribution in [-0.2, 0) is 10.9 Å². The van der Waals surface area contributed by atoms with Gasteiger partial charge >= 0.3 is 200 Å². The van der Waals surface area contributed by atoms with Gasteiger partial charge in [-0.1, -0.05) is 0 Å². The van der Waals surface area contributed by atoms with Gasteiger partial charge in [-0.3, -0.25) is 0 Å². The Kier molecular flexibility index (Phi) is 7.72. The monoisotopic (exact) mass is 474 g/mol. The van der Waals surface area contributed by atoms with Crippen LogP contribution in [0.15, 0.2) is 109 Å². The average Bonchev–Trinajstić information content (AvgIpc) is 2.92. The van der Waals surface area contributed by atoms with Crippen LogP contribution in [0.3, 0.4) is 0 Å². The summed E-state index contributed by atoms with van der Waals surface area (Å²) in [6.07, 6.45) is 0.813. The molecule has 0 fully saturated rings. The van der Waals surface area contributed by atoms with E-state index in [4.69, 9.17) is 9.47 Å². The van der Waals surface area contributed by atoms with Crippen molar-refractivity contribution in [3.63, 3.8) is 0 Å². The molecule has 0 spiro atoms. The van der Waals surface area contributed by atoms with E-state index < -0.39 is 13.9 Å². The van der Waals surface area contributed by atoms with E-state index in [-0.39, 0.29) is 12.6 Å². The molecular weight excluding hydrogens is 446 g/mol. The third-order valence-electron chi connectivity index (χ3n) is 6.07. The quantitative estimate of drug-likeness (QED) is 0.252.